The Balaban J connectivity index is 1.48. The maximum Gasteiger partial charge on any atom is 0.336 e. The number of fused-ring (bicyclic) bond motifs is 1. The normalized spacial score (nSPS) is 16.9. The molecule has 0 spiro atoms. The summed E-state index contributed by atoms with van der Waals surface area (Å²) in [5.41, 5.74) is 2.18. The first kappa shape index (κ1) is 20.9. The fourth-order valence-electron chi connectivity index (χ4n) is 4.17. The average molecular weight is 421 g/mol. The molecule has 2 amide bonds. The number of rotatable bonds is 5. The number of carbonyl (C=O) groups is 1. The van der Waals surface area contributed by atoms with Gasteiger partial charge < -0.3 is 20.2 Å². The van der Waals surface area contributed by atoms with Gasteiger partial charge >= 0.3 is 11.7 Å². The number of urea groups is 1. The summed E-state index contributed by atoms with van der Waals surface area (Å²) >= 11 is 0. The molecule has 2 aromatic carbocycles. The molecule has 0 aliphatic carbocycles. The smallest absolute Gasteiger partial charge is 0.336 e. The van der Waals surface area contributed by atoms with Gasteiger partial charge in [-0.3, -0.25) is 4.90 Å². The van der Waals surface area contributed by atoms with Crippen LogP contribution in [0.3, 0.4) is 0 Å². The topological polar surface area (TPSA) is 94.8 Å². The molecule has 0 bridgehead atoms. The summed E-state index contributed by atoms with van der Waals surface area (Å²) in [6.07, 6.45) is 3.16. The molecule has 1 saturated heterocycles. The predicted octanol–water partition coefficient (Wildman–Crippen LogP) is 3.98. The fourth-order valence-corrected chi connectivity index (χ4v) is 4.17. The number of phenolic OH excluding ortho intramolecular Hbond substituents is 1. The van der Waals surface area contributed by atoms with Crippen LogP contribution in [0.15, 0.2) is 57.7 Å². The molecule has 31 heavy (non-hydrogen) atoms. The third-order valence-electron chi connectivity index (χ3n) is 5.87. The van der Waals surface area contributed by atoms with Crippen molar-refractivity contribution in [3.63, 3.8) is 0 Å². The lowest BCUT2D eigenvalue weighted by molar-refractivity contribution is 0.139. The quantitative estimate of drug-likeness (QED) is 0.542. The number of carbonyl (C=O) groups excluding carboxylic acids is 1. The lowest BCUT2D eigenvalue weighted by Gasteiger charge is -2.36. The second kappa shape index (κ2) is 9.22. The fraction of sp³-hybridized carbons (Fsp3) is 0.333. The number of benzene rings is 2. The number of anilines is 1. The number of hydrogen-bond acceptors (Lipinski definition) is 5. The Morgan fingerprint density at radius 1 is 1.19 bits per heavy atom. The molecule has 0 saturated carbocycles. The van der Waals surface area contributed by atoms with E-state index in [9.17, 15) is 14.7 Å². The van der Waals surface area contributed by atoms with Crippen LogP contribution in [-0.4, -0.2) is 35.2 Å². The first-order chi connectivity index (χ1) is 15.0. The van der Waals surface area contributed by atoms with Crippen LogP contribution in [0.2, 0.25) is 0 Å². The zero-order valence-electron chi connectivity index (χ0n) is 17.6. The summed E-state index contributed by atoms with van der Waals surface area (Å²) in [7, 11) is 0. The van der Waals surface area contributed by atoms with Crippen molar-refractivity contribution in [3.8, 4) is 5.75 Å². The van der Waals surface area contributed by atoms with Gasteiger partial charge in [-0.25, -0.2) is 9.59 Å². The second-order valence-electron chi connectivity index (χ2n) is 8.00. The first-order valence-corrected chi connectivity index (χ1v) is 10.6. The van der Waals surface area contributed by atoms with E-state index in [2.05, 4.69) is 15.5 Å². The molecule has 162 valence electrons. The van der Waals surface area contributed by atoms with E-state index >= 15 is 0 Å². The molecule has 4 rings (SSSR count). The highest BCUT2D eigenvalue weighted by atomic mass is 16.4. The summed E-state index contributed by atoms with van der Waals surface area (Å²) in [5.74, 6) is 0.109. The zero-order chi connectivity index (χ0) is 21.8. The summed E-state index contributed by atoms with van der Waals surface area (Å²) in [6, 6.07) is 14.2. The average Bonchev–Trinajstić information content (AvgIpc) is 2.77. The molecule has 3 aromatic rings. The van der Waals surface area contributed by atoms with E-state index in [1.165, 1.54) is 6.07 Å². The van der Waals surface area contributed by atoms with Crippen LogP contribution in [-0.2, 0) is 6.54 Å². The molecule has 2 heterocycles. The summed E-state index contributed by atoms with van der Waals surface area (Å²) in [6.45, 7) is 3.74. The van der Waals surface area contributed by atoms with Crippen LogP contribution in [0.1, 0.15) is 30.4 Å². The molecule has 1 fully saturated rings. The second-order valence-corrected chi connectivity index (χ2v) is 8.00. The largest absolute Gasteiger partial charge is 0.508 e. The first-order valence-electron chi connectivity index (χ1n) is 10.6. The van der Waals surface area contributed by atoms with Gasteiger partial charge in [-0.2, -0.15) is 0 Å². The Bertz CT molecular complexity index is 1130. The highest BCUT2D eigenvalue weighted by Crippen LogP contribution is 2.29. The van der Waals surface area contributed by atoms with Crippen molar-refractivity contribution >= 4 is 22.7 Å². The standard InChI is InChI=1S/C24H27N3O4/c1-16-21(28)11-10-20-17(13-22(29)31-23(16)20)15-27-12-6-5-9-19(27)14-25-24(30)26-18-7-3-2-4-8-18/h2-4,7-8,10-11,13,19,28H,5-6,9,12,14-15H2,1H3,(H2,25,26,30). The van der Waals surface area contributed by atoms with Crippen LogP contribution in [0.25, 0.3) is 11.0 Å². The summed E-state index contributed by atoms with van der Waals surface area (Å²) < 4.78 is 5.37. The molecule has 1 aromatic heterocycles. The van der Waals surface area contributed by atoms with Gasteiger partial charge in [-0.15, -0.1) is 0 Å². The Morgan fingerprint density at radius 3 is 2.81 bits per heavy atom. The number of piperidine rings is 1. The van der Waals surface area contributed by atoms with E-state index in [0.717, 1.165) is 42.4 Å². The van der Waals surface area contributed by atoms with E-state index in [1.807, 2.05) is 30.3 Å². The van der Waals surface area contributed by atoms with Gasteiger partial charge in [0.1, 0.15) is 11.3 Å². The number of nitrogens with one attached hydrogen (secondary N) is 2. The SMILES string of the molecule is Cc1c(O)ccc2c(CN3CCCCC3CNC(=O)Nc3ccccc3)cc(=O)oc12. The van der Waals surface area contributed by atoms with Gasteiger partial charge in [0.15, 0.2) is 0 Å². The minimum Gasteiger partial charge on any atom is -0.508 e. The van der Waals surface area contributed by atoms with E-state index in [-0.39, 0.29) is 17.8 Å². The Morgan fingerprint density at radius 2 is 2.00 bits per heavy atom. The number of amides is 2. The molecule has 1 aliphatic heterocycles. The van der Waals surface area contributed by atoms with Gasteiger partial charge in [-0.05, 0) is 56.1 Å². The molecule has 7 nitrogen and oxygen atoms in total. The van der Waals surface area contributed by atoms with E-state index in [1.54, 1.807) is 19.1 Å². The minimum atomic E-state index is -0.426. The third kappa shape index (κ3) is 4.88. The molecule has 0 radical (unpaired) electrons. The Hall–Kier alpha value is -3.32. The van der Waals surface area contributed by atoms with Crippen molar-refractivity contribution in [1.82, 2.24) is 10.2 Å². The number of aromatic hydroxyl groups is 1. The summed E-state index contributed by atoms with van der Waals surface area (Å²) in [4.78, 5) is 26.7. The number of phenols is 1. The predicted molar refractivity (Wildman–Crippen MR) is 120 cm³/mol. The molecule has 1 atom stereocenters. The van der Waals surface area contributed by atoms with Crippen LogP contribution < -0.4 is 16.3 Å². The van der Waals surface area contributed by atoms with Crippen LogP contribution >= 0.6 is 0 Å². The van der Waals surface area contributed by atoms with Crippen LogP contribution in [0.5, 0.6) is 5.75 Å². The van der Waals surface area contributed by atoms with E-state index in [0.29, 0.717) is 24.2 Å². The van der Waals surface area contributed by atoms with Gasteiger partial charge in [0.2, 0.25) is 0 Å². The van der Waals surface area contributed by atoms with Crippen molar-refractivity contribution in [3.05, 3.63) is 70.1 Å². The van der Waals surface area contributed by atoms with E-state index < -0.39 is 5.63 Å². The van der Waals surface area contributed by atoms with Gasteiger partial charge in [0.05, 0.1) is 0 Å². The lowest BCUT2D eigenvalue weighted by atomic mass is 9.99. The molecule has 1 aliphatic rings. The van der Waals surface area contributed by atoms with E-state index in [4.69, 9.17) is 4.42 Å². The Labute approximate surface area is 180 Å². The van der Waals surface area contributed by atoms with Crippen LogP contribution in [0, 0.1) is 6.92 Å². The maximum absolute atomic E-state index is 12.3. The minimum absolute atomic E-state index is 0.109. The third-order valence-corrected chi connectivity index (χ3v) is 5.87. The van der Waals surface area contributed by atoms with Crippen molar-refractivity contribution in [2.24, 2.45) is 0 Å². The molecular weight excluding hydrogens is 394 g/mol. The molecule has 3 N–H and O–H groups in total. The molecular formula is C24H27N3O4. The van der Waals surface area contributed by atoms with Gasteiger partial charge in [0, 0.05) is 41.8 Å². The molecule has 7 heteroatoms. The number of nitrogens with zero attached hydrogens (tertiary/aromatic N) is 1. The van der Waals surface area contributed by atoms with Crippen molar-refractivity contribution < 1.29 is 14.3 Å². The van der Waals surface area contributed by atoms with Gasteiger partial charge in [-0.1, -0.05) is 24.6 Å². The number of aryl methyl sites for hydroxylation is 1. The van der Waals surface area contributed by atoms with Crippen molar-refractivity contribution in [2.75, 3.05) is 18.4 Å². The number of hydrogen-bond donors (Lipinski definition) is 3. The number of likely N-dealkylation sites (tertiary alicyclic amines) is 1. The van der Waals surface area contributed by atoms with Crippen molar-refractivity contribution in [2.45, 2.75) is 38.8 Å². The van der Waals surface area contributed by atoms with Crippen LogP contribution in [0.4, 0.5) is 10.5 Å². The highest BCUT2D eigenvalue weighted by molar-refractivity contribution is 5.89. The summed E-state index contributed by atoms with van der Waals surface area (Å²) in [5, 5.41) is 16.6. The lowest BCUT2D eigenvalue weighted by Crippen LogP contribution is -2.47. The monoisotopic (exact) mass is 421 g/mol. The highest BCUT2D eigenvalue weighted by Gasteiger charge is 2.24. The zero-order valence-corrected chi connectivity index (χ0v) is 17.6. The van der Waals surface area contributed by atoms with Gasteiger partial charge in [0.25, 0.3) is 0 Å². The van der Waals surface area contributed by atoms with Crippen molar-refractivity contribution in [1.29, 1.82) is 0 Å². The number of para-hydroxylation sites is 1. The molecule has 1 unspecified atom stereocenters. The maximum atomic E-state index is 12.3. The Kier molecular flexibility index (Phi) is 6.23.